The van der Waals surface area contributed by atoms with E-state index in [9.17, 15) is 10.2 Å². The molecular formula is C23H28Cl4O4. The molecule has 0 aliphatic carbocycles. The summed E-state index contributed by atoms with van der Waals surface area (Å²) in [5, 5.41) is 20.7. The van der Waals surface area contributed by atoms with Crippen molar-refractivity contribution in [2.45, 2.75) is 71.4 Å². The van der Waals surface area contributed by atoms with Crippen LogP contribution in [0, 0.1) is 0 Å². The molecule has 0 aliphatic heterocycles. The predicted octanol–water partition coefficient (Wildman–Crippen LogP) is 6.92. The van der Waals surface area contributed by atoms with Crippen molar-refractivity contribution in [3.8, 4) is 11.5 Å². The second-order valence-corrected chi connectivity index (χ2v) is 9.92. The lowest BCUT2D eigenvalue weighted by Gasteiger charge is -2.29. The Morgan fingerprint density at radius 1 is 0.645 bits per heavy atom. The van der Waals surface area contributed by atoms with Gasteiger partial charge in [0, 0.05) is 5.41 Å². The third-order valence-electron chi connectivity index (χ3n) is 5.41. The highest BCUT2D eigenvalue weighted by Gasteiger charge is 2.28. The van der Waals surface area contributed by atoms with Crippen molar-refractivity contribution in [2.75, 3.05) is 0 Å². The summed E-state index contributed by atoms with van der Waals surface area (Å²) in [5.74, 6) is 0.645. The van der Waals surface area contributed by atoms with Gasteiger partial charge < -0.3 is 19.7 Å². The van der Waals surface area contributed by atoms with Gasteiger partial charge in [0.2, 0.25) is 0 Å². The third-order valence-corrected chi connectivity index (χ3v) is 6.53. The highest BCUT2D eigenvalue weighted by atomic mass is 35.5. The number of rotatable bonds is 8. The summed E-state index contributed by atoms with van der Waals surface area (Å²) in [6.45, 7) is 10.7. The van der Waals surface area contributed by atoms with Crippen LogP contribution in [0.3, 0.4) is 0 Å². The molecule has 4 nitrogen and oxygen atoms in total. The summed E-state index contributed by atoms with van der Waals surface area (Å²) in [6.07, 6.45) is -2.29. The average molecular weight is 510 g/mol. The minimum absolute atomic E-state index is 0.322. The van der Waals surface area contributed by atoms with Crippen molar-refractivity contribution in [3.63, 3.8) is 0 Å². The van der Waals surface area contributed by atoms with E-state index in [-0.39, 0.29) is 0 Å². The van der Waals surface area contributed by atoms with E-state index in [0.717, 1.165) is 11.1 Å². The van der Waals surface area contributed by atoms with Gasteiger partial charge in [-0.05, 0) is 63.1 Å². The molecule has 0 spiro atoms. The van der Waals surface area contributed by atoms with E-state index in [2.05, 4.69) is 0 Å². The standard InChI is InChI=1S/C23H28Cl4O4/c1-11(28)13(3)30-21-17(24)7-15(8-18(21)25)23(5,6)16-9-19(26)22(20(27)10-16)31-14(4)12(2)29/h7-14,28-29H,1-6H3. The molecule has 4 atom stereocenters. The second-order valence-electron chi connectivity index (χ2n) is 8.29. The van der Waals surface area contributed by atoms with Crippen LogP contribution in [0.4, 0.5) is 0 Å². The van der Waals surface area contributed by atoms with Gasteiger partial charge in [-0.3, -0.25) is 0 Å². The Morgan fingerprint density at radius 3 is 1.13 bits per heavy atom. The minimum atomic E-state index is -0.676. The maximum absolute atomic E-state index is 9.70. The van der Waals surface area contributed by atoms with Gasteiger partial charge in [0.15, 0.2) is 11.5 Å². The summed E-state index contributed by atoms with van der Waals surface area (Å²) in [7, 11) is 0. The second kappa shape index (κ2) is 10.4. The van der Waals surface area contributed by atoms with Crippen LogP contribution in [0.25, 0.3) is 0 Å². The van der Waals surface area contributed by atoms with Crippen molar-refractivity contribution in [2.24, 2.45) is 0 Å². The lowest BCUT2D eigenvalue weighted by Crippen LogP contribution is -2.26. The van der Waals surface area contributed by atoms with Gasteiger partial charge in [0.05, 0.1) is 32.3 Å². The Bertz CT molecular complexity index is 808. The largest absolute Gasteiger partial charge is 0.485 e. The quantitative estimate of drug-likeness (QED) is 0.405. The lowest BCUT2D eigenvalue weighted by atomic mass is 9.78. The van der Waals surface area contributed by atoms with Crippen molar-refractivity contribution in [3.05, 3.63) is 55.5 Å². The number of hydrogen-bond acceptors (Lipinski definition) is 4. The van der Waals surface area contributed by atoms with E-state index >= 15 is 0 Å². The number of benzene rings is 2. The molecule has 0 saturated carbocycles. The number of aliphatic hydroxyl groups is 2. The minimum Gasteiger partial charge on any atom is -0.485 e. The molecule has 0 aromatic heterocycles. The Kier molecular flexibility index (Phi) is 8.82. The molecular weight excluding hydrogens is 482 g/mol. The number of aliphatic hydroxyl groups excluding tert-OH is 2. The summed E-state index contributed by atoms with van der Waals surface area (Å²) >= 11 is 25.9. The highest BCUT2D eigenvalue weighted by Crippen LogP contribution is 2.44. The SMILES string of the molecule is CC(O)C(C)Oc1c(Cl)cc(C(C)(C)c2cc(Cl)c(OC(C)C(C)O)c(Cl)c2)cc1Cl. The predicted molar refractivity (Wildman–Crippen MR) is 129 cm³/mol. The van der Waals surface area contributed by atoms with E-state index < -0.39 is 29.8 Å². The zero-order valence-electron chi connectivity index (χ0n) is 18.3. The zero-order chi connectivity index (χ0) is 23.7. The van der Waals surface area contributed by atoms with Gasteiger partial charge in [0.25, 0.3) is 0 Å². The maximum atomic E-state index is 9.70. The Morgan fingerprint density at radius 2 is 0.903 bits per heavy atom. The van der Waals surface area contributed by atoms with Gasteiger partial charge in [-0.1, -0.05) is 60.3 Å². The van der Waals surface area contributed by atoms with Crippen LogP contribution in [-0.4, -0.2) is 34.6 Å². The molecule has 0 fully saturated rings. The van der Waals surface area contributed by atoms with E-state index in [1.165, 1.54) is 0 Å². The molecule has 0 heterocycles. The molecule has 31 heavy (non-hydrogen) atoms. The lowest BCUT2D eigenvalue weighted by molar-refractivity contribution is 0.0605. The first-order chi connectivity index (χ1) is 14.2. The summed E-state index contributed by atoms with van der Waals surface area (Å²) in [5.41, 5.74) is 1.11. The first-order valence-electron chi connectivity index (χ1n) is 9.94. The molecule has 8 heteroatoms. The van der Waals surface area contributed by atoms with Crippen molar-refractivity contribution >= 4 is 46.4 Å². The highest BCUT2D eigenvalue weighted by molar-refractivity contribution is 6.38. The molecule has 2 rings (SSSR count). The van der Waals surface area contributed by atoms with Crippen LogP contribution in [0.2, 0.25) is 20.1 Å². The van der Waals surface area contributed by atoms with Gasteiger partial charge in [0.1, 0.15) is 12.2 Å². The third kappa shape index (κ3) is 6.13. The first-order valence-corrected chi connectivity index (χ1v) is 11.4. The zero-order valence-corrected chi connectivity index (χ0v) is 21.4. The van der Waals surface area contributed by atoms with Gasteiger partial charge in [-0.15, -0.1) is 0 Å². The summed E-state index contributed by atoms with van der Waals surface area (Å²) in [4.78, 5) is 0. The van der Waals surface area contributed by atoms with Crippen LogP contribution in [0.15, 0.2) is 24.3 Å². The molecule has 0 radical (unpaired) electrons. The normalized spacial score (nSPS) is 15.9. The summed E-state index contributed by atoms with van der Waals surface area (Å²) < 4.78 is 11.5. The molecule has 0 saturated heterocycles. The number of ether oxygens (including phenoxy) is 2. The van der Waals surface area contributed by atoms with Crippen LogP contribution in [-0.2, 0) is 5.41 Å². The van der Waals surface area contributed by atoms with Crippen LogP contribution in [0.5, 0.6) is 11.5 Å². The number of halogens is 4. The Balaban J connectivity index is 2.43. The first kappa shape index (κ1) is 26.4. The Labute approximate surface area is 204 Å². The van der Waals surface area contributed by atoms with Gasteiger partial charge in [-0.2, -0.15) is 0 Å². The fourth-order valence-corrected chi connectivity index (χ4v) is 3.95. The Hall–Kier alpha value is -0.880. The van der Waals surface area contributed by atoms with E-state index in [1.807, 2.05) is 13.8 Å². The molecule has 0 amide bonds. The van der Waals surface area contributed by atoms with Crippen LogP contribution >= 0.6 is 46.4 Å². The maximum Gasteiger partial charge on any atom is 0.157 e. The summed E-state index contributed by atoms with van der Waals surface area (Å²) in [6, 6.07) is 7.11. The molecule has 2 aromatic carbocycles. The van der Waals surface area contributed by atoms with Crippen LogP contribution < -0.4 is 9.47 Å². The van der Waals surface area contributed by atoms with E-state index in [0.29, 0.717) is 31.6 Å². The van der Waals surface area contributed by atoms with Crippen molar-refractivity contribution < 1.29 is 19.7 Å². The fourth-order valence-electron chi connectivity index (χ4n) is 2.80. The molecule has 2 aromatic rings. The van der Waals surface area contributed by atoms with Gasteiger partial charge in [-0.25, -0.2) is 0 Å². The van der Waals surface area contributed by atoms with Crippen LogP contribution in [0.1, 0.15) is 52.7 Å². The van der Waals surface area contributed by atoms with Crippen molar-refractivity contribution in [1.82, 2.24) is 0 Å². The van der Waals surface area contributed by atoms with Gasteiger partial charge >= 0.3 is 0 Å². The molecule has 0 aliphatic rings. The molecule has 4 unspecified atom stereocenters. The van der Waals surface area contributed by atoms with Crippen molar-refractivity contribution in [1.29, 1.82) is 0 Å². The monoisotopic (exact) mass is 508 g/mol. The topological polar surface area (TPSA) is 58.9 Å². The molecule has 172 valence electrons. The van der Waals surface area contributed by atoms with E-state index in [4.69, 9.17) is 55.9 Å². The number of hydrogen-bond donors (Lipinski definition) is 2. The molecule has 2 N–H and O–H groups in total. The smallest absolute Gasteiger partial charge is 0.157 e. The average Bonchev–Trinajstić information content (AvgIpc) is 2.66. The van der Waals surface area contributed by atoms with E-state index in [1.54, 1.807) is 52.0 Å². The fraction of sp³-hybridized carbons (Fsp3) is 0.478. The molecule has 0 bridgehead atoms.